The van der Waals surface area contributed by atoms with Gasteiger partial charge in [0.2, 0.25) is 0 Å². The number of halogens is 7. The van der Waals surface area contributed by atoms with Gasteiger partial charge in [-0.15, -0.1) is 0 Å². The summed E-state index contributed by atoms with van der Waals surface area (Å²) in [6, 6.07) is 0. The number of hydrogen-bond donors (Lipinski definition) is 0. The maximum atomic E-state index is 13.1. The summed E-state index contributed by atoms with van der Waals surface area (Å²) in [6.07, 6.45) is 11.8. The van der Waals surface area contributed by atoms with Gasteiger partial charge < -0.3 is 9.47 Å². The van der Waals surface area contributed by atoms with Crippen LogP contribution in [0.3, 0.4) is 0 Å². The molecule has 0 N–H and O–H groups in total. The first kappa shape index (κ1) is 31.6. The Balaban J connectivity index is 0.000000148. The van der Waals surface area contributed by atoms with Gasteiger partial charge in [-0.25, -0.2) is 0 Å². The van der Waals surface area contributed by atoms with E-state index in [9.17, 15) is 32.9 Å². The molecule has 0 amide bonds. The fraction of sp³-hybridized carbons (Fsp3) is 1.00. The number of ether oxygens (including phenoxy) is 2. The number of rotatable bonds is 4. The van der Waals surface area contributed by atoms with Crippen LogP contribution in [-0.4, -0.2) is 42.9 Å². The van der Waals surface area contributed by atoms with Crippen molar-refractivity contribution in [3.05, 3.63) is 0 Å². The topological polar surface area (TPSA) is 52.6 Å². The number of alkyl halides is 5. The Labute approximate surface area is 242 Å². The first-order valence-corrected chi connectivity index (χ1v) is 16.1. The first-order chi connectivity index (χ1) is 17.6. The van der Waals surface area contributed by atoms with E-state index in [0.717, 1.165) is 37.0 Å². The summed E-state index contributed by atoms with van der Waals surface area (Å²) in [5.41, 5.74) is -0.636. The summed E-state index contributed by atoms with van der Waals surface area (Å²) < 4.78 is 101. The monoisotopic (exact) mass is 732 g/mol. The molecular formula is C25H36AgBrF6O4S. The molecule has 0 aromatic heterocycles. The van der Waals surface area contributed by atoms with Crippen molar-refractivity contribution in [2.75, 3.05) is 13.2 Å². The zero-order chi connectivity index (χ0) is 28.0. The average Bonchev–Trinajstić information content (AvgIpc) is 2.76. The zero-order valence-corrected chi connectivity index (χ0v) is 24.9. The Kier molecular flexibility index (Phi) is 9.77. The molecular weight excluding hydrogens is 698 g/mol. The second-order valence-corrected chi connectivity index (χ2v) is 15.9. The van der Waals surface area contributed by atoms with Gasteiger partial charge in [0.15, 0.2) is 0 Å². The van der Waals surface area contributed by atoms with Gasteiger partial charge in [0.1, 0.15) is 6.61 Å². The Bertz CT molecular complexity index is 860. The van der Waals surface area contributed by atoms with Crippen LogP contribution in [0.5, 0.6) is 0 Å². The molecule has 9 rings (SSSR count). The summed E-state index contributed by atoms with van der Waals surface area (Å²) in [5, 5.41) is -4.43. The molecule has 13 heteroatoms. The van der Waals surface area contributed by atoms with Crippen molar-refractivity contribution < 1.29 is 64.0 Å². The van der Waals surface area contributed by atoms with Crippen molar-refractivity contribution in [3.8, 4) is 0 Å². The van der Waals surface area contributed by atoms with Gasteiger partial charge in [-0.1, -0.05) is 19.8 Å². The Morgan fingerprint density at radius 2 is 1.13 bits per heavy atom. The van der Waals surface area contributed by atoms with Crippen molar-refractivity contribution >= 4 is 26.2 Å². The molecule has 0 spiro atoms. The summed E-state index contributed by atoms with van der Waals surface area (Å²) >= 11 is 5.41. The second kappa shape index (κ2) is 11.7. The molecule has 8 saturated carbocycles. The minimum atomic E-state index is -5.89. The fourth-order valence-corrected chi connectivity index (χ4v) is 10.3. The quantitative estimate of drug-likeness (QED) is 0.129. The minimum absolute atomic E-state index is 0.104. The van der Waals surface area contributed by atoms with Crippen LogP contribution in [0.25, 0.3) is 0 Å². The van der Waals surface area contributed by atoms with Crippen molar-refractivity contribution in [3.63, 3.8) is 0 Å². The van der Waals surface area contributed by atoms with Crippen LogP contribution in [0.15, 0.2) is 0 Å². The van der Waals surface area contributed by atoms with Crippen molar-refractivity contribution in [2.24, 2.45) is 35.5 Å². The predicted molar refractivity (Wildman–Crippen MR) is 128 cm³/mol. The maximum absolute atomic E-state index is 13.1. The van der Waals surface area contributed by atoms with Gasteiger partial charge in [0.05, 0.1) is 18.6 Å². The molecule has 8 bridgehead atoms. The first-order valence-electron chi connectivity index (χ1n) is 13.4. The summed E-state index contributed by atoms with van der Waals surface area (Å²) in [4.78, 5) is 0. The Morgan fingerprint density at radius 1 is 0.816 bits per heavy atom. The van der Waals surface area contributed by atoms with Crippen LogP contribution < -0.4 is 0 Å². The van der Waals surface area contributed by atoms with Gasteiger partial charge in [-0.3, -0.25) is 0 Å². The molecule has 4 nitrogen and oxygen atoms in total. The van der Waals surface area contributed by atoms with E-state index in [2.05, 4.69) is 20.7 Å². The normalized spacial score (nSPS) is 43.1. The number of hydrogen-bond acceptors (Lipinski definition) is 4. The standard InChI is InChI=1S/C12H17F3O3S.C10H15Br.C3H4F2O.Ag.FH/c13-12(14,19(15,16)17)7-18-11-4-8-1-9(5-11)3-10(2-8)6-11;11-10-4-7-1-8(5-10)3-9(2-7)6-10;4-3(5)1-2-6-3;;/h8-10H,1-7H2;7-9H,1-6H2;1-2H2;;1H/q;;;+1;/p-1. The molecule has 1 aliphatic heterocycles. The van der Waals surface area contributed by atoms with E-state index in [4.69, 9.17) is 4.74 Å². The Hall–Kier alpha value is 0.670. The zero-order valence-electron chi connectivity index (χ0n) is 21.1. The molecule has 0 aromatic carbocycles. The molecule has 0 atom stereocenters. The molecule has 0 aromatic rings. The van der Waals surface area contributed by atoms with E-state index in [1.807, 2.05) is 0 Å². The summed E-state index contributed by atoms with van der Waals surface area (Å²) in [6.45, 7) is -1.15. The second-order valence-electron chi connectivity index (χ2n) is 12.8. The van der Waals surface area contributed by atoms with Crippen LogP contribution in [0.1, 0.15) is 83.5 Å². The summed E-state index contributed by atoms with van der Waals surface area (Å²) in [7, 11) is -5.89. The van der Waals surface area contributed by atoms with E-state index in [1.54, 1.807) is 19.3 Å². The third-order valence-electron chi connectivity index (χ3n) is 9.56. The van der Waals surface area contributed by atoms with E-state index in [0.29, 0.717) is 41.3 Å². The van der Waals surface area contributed by atoms with Crippen LogP contribution in [0.4, 0.5) is 24.5 Å². The SMILES string of the molecule is BrC12CC3CC(CC(C3)C1)C2.FC1(F)CCO1.O=S(=O)(F)C(F)(F)COC12CC3CC(CC(C3)C1)C2.[F][Ag]. The van der Waals surface area contributed by atoms with Crippen LogP contribution in [0.2, 0.25) is 0 Å². The fourth-order valence-electron chi connectivity index (χ4n) is 8.78. The molecule has 0 unspecified atom stereocenters. The molecule has 9 aliphatic rings. The molecule has 38 heavy (non-hydrogen) atoms. The van der Waals surface area contributed by atoms with Gasteiger partial charge >= 0.3 is 46.2 Å². The van der Waals surface area contributed by atoms with E-state index < -0.39 is 33.8 Å². The molecule has 1 saturated heterocycles. The van der Waals surface area contributed by atoms with Crippen molar-refractivity contribution in [1.82, 2.24) is 0 Å². The summed E-state index contributed by atoms with van der Waals surface area (Å²) in [5.74, 6) is 4.80. The van der Waals surface area contributed by atoms with Crippen LogP contribution >= 0.6 is 15.9 Å². The van der Waals surface area contributed by atoms with Gasteiger partial charge in [-0.05, 0) is 113 Å². The van der Waals surface area contributed by atoms with E-state index in [1.165, 1.54) is 40.9 Å². The van der Waals surface area contributed by atoms with E-state index >= 15 is 0 Å². The Morgan fingerprint density at radius 3 is 1.37 bits per heavy atom. The third kappa shape index (κ3) is 7.54. The molecule has 9 fully saturated rings. The molecule has 0 radical (unpaired) electrons. The van der Waals surface area contributed by atoms with E-state index in [-0.39, 0.29) is 13.0 Å². The van der Waals surface area contributed by atoms with Gasteiger partial charge in [0.25, 0.3) is 0 Å². The molecule has 1 heterocycles. The third-order valence-corrected chi connectivity index (χ3v) is 11.4. The molecule has 226 valence electrons. The molecule has 8 aliphatic carbocycles. The van der Waals surface area contributed by atoms with Crippen LogP contribution in [0, 0.1) is 35.5 Å². The average molecular weight is 734 g/mol. The predicted octanol–water partition coefficient (Wildman–Crippen LogP) is 7.63. The van der Waals surface area contributed by atoms with Crippen molar-refractivity contribution in [1.29, 1.82) is 0 Å². The van der Waals surface area contributed by atoms with Crippen molar-refractivity contribution in [2.45, 2.75) is 105 Å². The van der Waals surface area contributed by atoms with Crippen LogP contribution in [-0.2, 0) is 41.3 Å². The van der Waals surface area contributed by atoms with Gasteiger partial charge in [-0.2, -0.15) is 26.0 Å². The van der Waals surface area contributed by atoms with Gasteiger partial charge in [0, 0.05) is 4.32 Å².